The molecule has 0 radical (unpaired) electrons. The molecule has 0 bridgehead atoms. The van der Waals surface area contributed by atoms with Gasteiger partial charge < -0.3 is 0 Å². The number of hydrogen-bond donors (Lipinski definition) is 0. The molecule has 118 valence electrons. The average molecular weight is 295 g/mol. The van der Waals surface area contributed by atoms with Gasteiger partial charge in [0.05, 0.1) is 0 Å². The molecule has 0 N–H and O–H groups in total. The van der Waals surface area contributed by atoms with Crippen molar-refractivity contribution in [2.24, 2.45) is 0 Å². The van der Waals surface area contributed by atoms with Gasteiger partial charge in [-0.1, -0.05) is 65.0 Å². The molecular formula is C21H29N. The second-order valence-electron chi connectivity index (χ2n) is 6.68. The van der Waals surface area contributed by atoms with Gasteiger partial charge in [0.25, 0.3) is 0 Å². The Kier molecular flexibility index (Phi) is 5.05. The Labute approximate surface area is 135 Å². The van der Waals surface area contributed by atoms with E-state index in [9.17, 15) is 0 Å². The number of benzene rings is 1. The van der Waals surface area contributed by atoms with Crippen molar-refractivity contribution in [2.75, 3.05) is 0 Å². The lowest BCUT2D eigenvalue weighted by Gasteiger charge is -2.31. The number of rotatable bonds is 5. The lowest BCUT2D eigenvalue weighted by Crippen LogP contribution is -2.22. The van der Waals surface area contributed by atoms with Gasteiger partial charge in [-0.3, -0.25) is 4.98 Å². The van der Waals surface area contributed by atoms with Crippen molar-refractivity contribution in [1.29, 1.82) is 0 Å². The fourth-order valence-corrected chi connectivity index (χ4v) is 3.36. The summed E-state index contributed by atoms with van der Waals surface area (Å²) < 4.78 is 0. The summed E-state index contributed by atoms with van der Waals surface area (Å²) in [6.45, 7) is 13.7. The third kappa shape index (κ3) is 2.95. The molecule has 0 aliphatic carbocycles. The van der Waals surface area contributed by atoms with Gasteiger partial charge in [0.15, 0.2) is 0 Å². The van der Waals surface area contributed by atoms with E-state index in [-0.39, 0.29) is 5.41 Å². The molecule has 0 amide bonds. The molecular weight excluding hydrogens is 266 g/mol. The largest absolute Gasteiger partial charge is 0.257 e. The maximum absolute atomic E-state index is 4.95. The van der Waals surface area contributed by atoms with E-state index in [1.807, 2.05) is 0 Å². The SMILES string of the molecule is CCc1nc(C)c(-c2ccccc2)c(C(C)(C)CC)c1CC. The minimum atomic E-state index is 0.161. The van der Waals surface area contributed by atoms with Crippen molar-refractivity contribution in [1.82, 2.24) is 4.98 Å². The molecule has 1 nitrogen and oxygen atoms in total. The minimum Gasteiger partial charge on any atom is -0.257 e. The van der Waals surface area contributed by atoms with Gasteiger partial charge in [0.2, 0.25) is 0 Å². The summed E-state index contributed by atoms with van der Waals surface area (Å²) >= 11 is 0. The molecule has 0 saturated carbocycles. The highest BCUT2D eigenvalue weighted by atomic mass is 14.7. The Hall–Kier alpha value is -1.63. The van der Waals surface area contributed by atoms with Gasteiger partial charge in [-0.05, 0) is 48.3 Å². The Morgan fingerprint density at radius 3 is 2.09 bits per heavy atom. The predicted octanol–water partition coefficient (Wildman–Crippen LogP) is 5.87. The molecule has 1 heterocycles. The summed E-state index contributed by atoms with van der Waals surface area (Å²) in [7, 11) is 0. The summed E-state index contributed by atoms with van der Waals surface area (Å²) in [5.74, 6) is 0. The van der Waals surface area contributed by atoms with E-state index in [0.717, 1.165) is 25.0 Å². The number of pyridine rings is 1. The molecule has 1 heteroatoms. The van der Waals surface area contributed by atoms with E-state index in [4.69, 9.17) is 4.98 Å². The van der Waals surface area contributed by atoms with Crippen LogP contribution in [0, 0.1) is 6.92 Å². The molecule has 0 spiro atoms. The van der Waals surface area contributed by atoms with Gasteiger partial charge in [-0.2, -0.15) is 0 Å². The molecule has 0 unspecified atom stereocenters. The highest BCUT2D eigenvalue weighted by Gasteiger charge is 2.28. The Morgan fingerprint density at radius 1 is 0.955 bits per heavy atom. The van der Waals surface area contributed by atoms with Crippen LogP contribution in [0.25, 0.3) is 11.1 Å². The quantitative estimate of drug-likeness (QED) is 0.672. The van der Waals surface area contributed by atoms with Crippen LogP contribution in [0.3, 0.4) is 0 Å². The summed E-state index contributed by atoms with van der Waals surface area (Å²) in [5, 5.41) is 0. The van der Waals surface area contributed by atoms with E-state index >= 15 is 0 Å². The van der Waals surface area contributed by atoms with Crippen LogP contribution in [0.4, 0.5) is 0 Å². The second-order valence-corrected chi connectivity index (χ2v) is 6.68. The third-order valence-electron chi connectivity index (χ3n) is 4.88. The molecule has 2 aromatic rings. The van der Waals surface area contributed by atoms with Crippen LogP contribution < -0.4 is 0 Å². The van der Waals surface area contributed by atoms with Crippen LogP contribution in [0.1, 0.15) is 63.6 Å². The fraction of sp³-hybridized carbons (Fsp3) is 0.476. The van der Waals surface area contributed by atoms with Gasteiger partial charge in [0, 0.05) is 17.0 Å². The number of nitrogens with zero attached hydrogens (tertiary/aromatic N) is 1. The lowest BCUT2D eigenvalue weighted by molar-refractivity contribution is 0.500. The van der Waals surface area contributed by atoms with Gasteiger partial charge in [0.1, 0.15) is 0 Å². The first kappa shape index (κ1) is 16.7. The summed E-state index contributed by atoms with van der Waals surface area (Å²) in [6, 6.07) is 10.8. The highest BCUT2D eigenvalue weighted by Crippen LogP contribution is 2.40. The molecule has 22 heavy (non-hydrogen) atoms. The van der Waals surface area contributed by atoms with Crippen LogP contribution in [0.15, 0.2) is 30.3 Å². The standard InChI is InChI=1S/C21H29N/c1-7-17-18(8-2)22-15(4)19(16-13-11-10-12-14-16)20(17)21(5,6)9-3/h10-14H,7-9H2,1-6H3. The van der Waals surface area contributed by atoms with E-state index in [0.29, 0.717) is 0 Å². The van der Waals surface area contributed by atoms with Gasteiger partial charge in [-0.15, -0.1) is 0 Å². The van der Waals surface area contributed by atoms with E-state index < -0.39 is 0 Å². The van der Waals surface area contributed by atoms with E-state index in [2.05, 4.69) is 71.9 Å². The monoisotopic (exact) mass is 295 g/mol. The smallest absolute Gasteiger partial charge is 0.0457 e. The van der Waals surface area contributed by atoms with Crippen molar-refractivity contribution < 1.29 is 0 Å². The number of aryl methyl sites for hydroxylation is 2. The normalized spacial score (nSPS) is 11.7. The van der Waals surface area contributed by atoms with Crippen LogP contribution in [0.2, 0.25) is 0 Å². The molecule has 0 aliphatic heterocycles. The maximum atomic E-state index is 4.95. The molecule has 1 aromatic carbocycles. The van der Waals surface area contributed by atoms with E-state index in [1.54, 1.807) is 0 Å². The molecule has 1 aromatic heterocycles. The Morgan fingerprint density at radius 2 is 1.59 bits per heavy atom. The minimum absolute atomic E-state index is 0.161. The van der Waals surface area contributed by atoms with Crippen LogP contribution in [0.5, 0.6) is 0 Å². The van der Waals surface area contributed by atoms with Gasteiger partial charge in [-0.25, -0.2) is 0 Å². The average Bonchev–Trinajstić information content (AvgIpc) is 2.54. The number of aromatic nitrogens is 1. The Bertz CT molecular complexity index is 639. The predicted molar refractivity (Wildman–Crippen MR) is 96.5 cm³/mol. The summed E-state index contributed by atoms with van der Waals surface area (Å²) in [4.78, 5) is 4.95. The second kappa shape index (κ2) is 6.64. The lowest BCUT2D eigenvalue weighted by atomic mass is 9.74. The zero-order valence-corrected chi connectivity index (χ0v) is 15.0. The summed E-state index contributed by atoms with van der Waals surface area (Å²) in [5.41, 5.74) is 8.21. The highest BCUT2D eigenvalue weighted by molar-refractivity contribution is 5.73. The maximum Gasteiger partial charge on any atom is 0.0457 e. The summed E-state index contributed by atoms with van der Waals surface area (Å²) in [6.07, 6.45) is 3.19. The third-order valence-corrected chi connectivity index (χ3v) is 4.88. The topological polar surface area (TPSA) is 12.9 Å². The molecule has 0 atom stereocenters. The Balaban J connectivity index is 2.88. The molecule has 0 aliphatic rings. The van der Waals surface area contributed by atoms with E-state index in [1.165, 1.54) is 27.9 Å². The van der Waals surface area contributed by atoms with Crippen molar-refractivity contribution in [3.8, 4) is 11.1 Å². The first-order chi connectivity index (χ1) is 10.5. The van der Waals surface area contributed by atoms with Crippen LogP contribution >= 0.6 is 0 Å². The molecule has 0 fully saturated rings. The molecule has 2 rings (SSSR count). The first-order valence-corrected chi connectivity index (χ1v) is 8.54. The van der Waals surface area contributed by atoms with Crippen molar-refractivity contribution >= 4 is 0 Å². The van der Waals surface area contributed by atoms with Crippen molar-refractivity contribution in [2.45, 2.75) is 66.2 Å². The zero-order chi connectivity index (χ0) is 16.3. The van der Waals surface area contributed by atoms with Crippen LogP contribution in [-0.4, -0.2) is 4.98 Å². The first-order valence-electron chi connectivity index (χ1n) is 8.54. The van der Waals surface area contributed by atoms with Gasteiger partial charge >= 0.3 is 0 Å². The number of hydrogen-bond acceptors (Lipinski definition) is 1. The molecule has 0 saturated heterocycles. The van der Waals surface area contributed by atoms with Crippen LogP contribution in [-0.2, 0) is 18.3 Å². The zero-order valence-electron chi connectivity index (χ0n) is 15.0. The van der Waals surface area contributed by atoms with Crippen molar-refractivity contribution in [3.63, 3.8) is 0 Å². The van der Waals surface area contributed by atoms with Crippen molar-refractivity contribution in [3.05, 3.63) is 52.8 Å². The fourth-order valence-electron chi connectivity index (χ4n) is 3.36.